The molecule has 0 fully saturated rings. The predicted octanol–water partition coefficient (Wildman–Crippen LogP) is 0.722. The molecule has 3 heteroatoms. The van der Waals surface area contributed by atoms with Gasteiger partial charge in [0.1, 0.15) is 5.57 Å². The smallest absolute Gasteiger partial charge is 0.308 e. The largest absolute Gasteiger partial charge is 0.404 e. The summed E-state index contributed by atoms with van der Waals surface area (Å²) in [6.07, 6.45) is 1.44. The number of nitrogens with zero attached hydrogens (tertiary/aromatic N) is 1. The first-order chi connectivity index (χ1) is 3.85. The second kappa shape index (κ2) is 4.54. The van der Waals surface area contributed by atoms with E-state index in [2.05, 4.69) is 23.5 Å². The first-order valence-electron chi connectivity index (χ1n) is 2.21. The quantitative estimate of drug-likeness (QED) is 0.396. The zero-order valence-electron chi connectivity index (χ0n) is 4.76. The van der Waals surface area contributed by atoms with Gasteiger partial charge < -0.3 is 5.73 Å². The van der Waals surface area contributed by atoms with Crippen molar-refractivity contribution in [2.45, 2.75) is 0 Å². The van der Waals surface area contributed by atoms with Gasteiger partial charge in [-0.15, -0.1) is 0 Å². The SMILES string of the molecule is C[N+]#C/C(=C\N)CS. The molecule has 0 unspecified atom stereocenters. The molecule has 2 N–H and O–H groups in total. The van der Waals surface area contributed by atoms with E-state index in [1.165, 1.54) is 6.20 Å². The van der Waals surface area contributed by atoms with Crippen LogP contribution in [0, 0.1) is 6.07 Å². The van der Waals surface area contributed by atoms with Gasteiger partial charge in [-0.05, 0) is 0 Å². The monoisotopic (exact) mass is 129 g/mol. The van der Waals surface area contributed by atoms with Gasteiger partial charge in [-0.1, -0.05) is 4.85 Å². The highest BCUT2D eigenvalue weighted by molar-refractivity contribution is 7.80. The summed E-state index contributed by atoms with van der Waals surface area (Å²) < 4.78 is 0. The molecule has 0 heterocycles. The summed E-state index contributed by atoms with van der Waals surface area (Å²) in [4.78, 5) is 3.63. The Morgan fingerprint density at radius 1 is 2.00 bits per heavy atom. The topological polar surface area (TPSA) is 30.4 Å². The molecule has 0 aliphatic rings. The minimum absolute atomic E-state index is 0.591. The third kappa shape index (κ3) is 2.54. The van der Waals surface area contributed by atoms with Gasteiger partial charge in [0.15, 0.2) is 0 Å². The summed E-state index contributed by atoms with van der Waals surface area (Å²) in [5, 5.41) is 0. The molecule has 0 rings (SSSR count). The van der Waals surface area contributed by atoms with Crippen molar-refractivity contribution < 1.29 is 0 Å². The molecule has 0 atom stereocenters. The third-order valence-corrected chi connectivity index (χ3v) is 0.968. The Kier molecular flexibility index (Phi) is 4.19. The van der Waals surface area contributed by atoms with E-state index in [9.17, 15) is 0 Å². The van der Waals surface area contributed by atoms with Crippen molar-refractivity contribution in [1.29, 1.82) is 0 Å². The normalized spacial score (nSPS) is 10.0. The van der Waals surface area contributed by atoms with Gasteiger partial charge in [0.2, 0.25) is 0 Å². The predicted molar refractivity (Wildman–Crippen MR) is 39.3 cm³/mol. The molecule has 8 heavy (non-hydrogen) atoms. The molecule has 44 valence electrons. The van der Waals surface area contributed by atoms with Crippen molar-refractivity contribution in [2.24, 2.45) is 5.73 Å². The number of hydrogen-bond donors (Lipinski definition) is 2. The minimum atomic E-state index is 0.591. The van der Waals surface area contributed by atoms with Crippen LogP contribution in [0.4, 0.5) is 0 Å². The fraction of sp³-hybridized carbons (Fsp3) is 0.400. The maximum atomic E-state index is 5.14. The second-order valence-electron chi connectivity index (χ2n) is 1.19. The maximum Gasteiger partial charge on any atom is 0.308 e. The molecule has 0 aromatic heterocycles. The van der Waals surface area contributed by atoms with Crippen molar-refractivity contribution >= 4 is 12.6 Å². The van der Waals surface area contributed by atoms with E-state index >= 15 is 0 Å². The Balaban J connectivity index is 3.86. The van der Waals surface area contributed by atoms with Gasteiger partial charge in [-0.2, -0.15) is 12.6 Å². The van der Waals surface area contributed by atoms with Crippen molar-refractivity contribution in [1.82, 2.24) is 0 Å². The van der Waals surface area contributed by atoms with E-state index in [-0.39, 0.29) is 0 Å². The molecule has 0 aromatic rings. The molecule has 0 saturated heterocycles. The van der Waals surface area contributed by atoms with Crippen molar-refractivity contribution in [3.8, 4) is 6.07 Å². The lowest BCUT2D eigenvalue weighted by Gasteiger charge is -1.77. The van der Waals surface area contributed by atoms with E-state index in [0.29, 0.717) is 5.75 Å². The van der Waals surface area contributed by atoms with Crippen LogP contribution in [0.3, 0.4) is 0 Å². The molecule has 0 aromatic carbocycles. The summed E-state index contributed by atoms with van der Waals surface area (Å²) in [5.74, 6) is 0.591. The van der Waals surface area contributed by atoms with Gasteiger partial charge in [0.25, 0.3) is 7.05 Å². The summed E-state index contributed by atoms with van der Waals surface area (Å²) in [5.41, 5.74) is 5.95. The molecular formula is C5H9N2S+. The molecule has 0 saturated carbocycles. The number of thiol groups is 1. The summed E-state index contributed by atoms with van der Waals surface area (Å²) >= 11 is 3.96. The molecule has 0 amide bonds. The second-order valence-corrected chi connectivity index (χ2v) is 1.50. The Morgan fingerprint density at radius 3 is 2.75 bits per heavy atom. The van der Waals surface area contributed by atoms with Gasteiger partial charge in [-0.3, -0.25) is 0 Å². The van der Waals surface area contributed by atoms with Crippen LogP contribution in [0.2, 0.25) is 0 Å². The van der Waals surface area contributed by atoms with Gasteiger partial charge in [0.05, 0.1) is 0 Å². The lowest BCUT2D eigenvalue weighted by Crippen LogP contribution is -1.86. The highest BCUT2D eigenvalue weighted by Crippen LogP contribution is 1.90. The van der Waals surface area contributed by atoms with Crippen LogP contribution in [0.1, 0.15) is 0 Å². The molecule has 0 radical (unpaired) electrons. The number of rotatable bonds is 1. The lowest BCUT2D eigenvalue weighted by molar-refractivity contribution is 1.48. The van der Waals surface area contributed by atoms with Gasteiger partial charge in [0, 0.05) is 12.0 Å². The Hall–Kier alpha value is -0.620. The Morgan fingerprint density at radius 2 is 2.62 bits per heavy atom. The summed E-state index contributed by atoms with van der Waals surface area (Å²) in [6, 6.07) is 2.67. The Bertz CT molecular complexity index is 140. The molecule has 0 aliphatic heterocycles. The zero-order chi connectivity index (χ0) is 6.41. The van der Waals surface area contributed by atoms with Crippen molar-refractivity contribution in [2.75, 3.05) is 12.8 Å². The summed E-state index contributed by atoms with van der Waals surface area (Å²) in [7, 11) is 1.65. The van der Waals surface area contributed by atoms with E-state index in [1.807, 2.05) is 0 Å². The number of hydrogen-bond acceptors (Lipinski definition) is 2. The minimum Gasteiger partial charge on any atom is -0.404 e. The van der Waals surface area contributed by atoms with Crippen molar-refractivity contribution in [3.05, 3.63) is 16.6 Å². The van der Waals surface area contributed by atoms with E-state index in [0.717, 1.165) is 5.57 Å². The first-order valence-corrected chi connectivity index (χ1v) is 2.85. The van der Waals surface area contributed by atoms with Crippen LogP contribution in [0.15, 0.2) is 11.8 Å². The van der Waals surface area contributed by atoms with E-state index in [1.54, 1.807) is 7.05 Å². The Labute approximate surface area is 54.6 Å². The summed E-state index contributed by atoms with van der Waals surface area (Å²) in [6.45, 7) is 0. The molecule has 2 nitrogen and oxygen atoms in total. The van der Waals surface area contributed by atoms with Gasteiger partial charge >= 0.3 is 6.07 Å². The number of nitrogens with two attached hydrogens (primary N) is 1. The van der Waals surface area contributed by atoms with E-state index in [4.69, 9.17) is 5.73 Å². The van der Waals surface area contributed by atoms with Crippen LogP contribution >= 0.6 is 12.6 Å². The first kappa shape index (κ1) is 7.38. The van der Waals surface area contributed by atoms with Crippen LogP contribution in [0.25, 0.3) is 4.85 Å². The van der Waals surface area contributed by atoms with Crippen LogP contribution < -0.4 is 5.73 Å². The highest BCUT2D eigenvalue weighted by atomic mass is 32.1. The molecule has 0 bridgehead atoms. The van der Waals surface area contributed by atoms with Crippen LogP contribution in [-0.4, -0.2) is 12.8 Å². The average molecular weight is 129 g/mol. The molecule has 0 spiro atoms. The zero-order valence-corrected chi connectivity index (χ0v) is 5.65. The van der Waals surface area contributed by atoms with Gasteiger partial charge in [-0.25, -0.2) is 0 Å². The third-order valence-electron chi connectivity index (χ3n) is 0.627. The van der Waals surface area contributed by atoms with Crippen LogP contribution in [-0.2, 0) is 0 Å². The highest BCUT2D eigenvalue weighted by Gasteiger charge is 1.91. The average Bonchev–Trinajstić information content (AvgIpc) is 1.83. The standard InChI is InChI=1S/C5H8N2S/c1-7-3-5(2-6)4-8/h2,6,8H,4H2,1H3/p+1. The molecule has 0 aliphatic carbocycles. The van der Waals surface area contributed by atoms with Crippen molar-refractivity contribution in [3.63, 3.8) is 0 Å². The fourth-order valence-corrected chi connectivity index (χ4v) is 0.445. The fourth-order valence-electron chi connectivity index (χ4n) is 0.269. The van der Waals surface area contributed by atoms with Crippen LogP contribution in [0.5, 0.6) is 0 Å². The maximum absolute atomic E-state index is 5.14. The lowest BCUT2D eigenvalue weighted by atomic mass is 10.4. The van der Waals surface area contributed by atoms with E-state index < -0.39 is 0 Å². The molecular weight excluding hydrogens is 120 g/mol.